The van der Waals surface area contributed by atoms with Crippen LogP contribution < -0.4 is 15.4 Å². The van der Waals surface area contributed by atoms with Gasteiger partial charge in [0, 0.05) is 16.9 Å². The number of benzene rings is 3. The van der Waals surface area contributed by atoms with Gasteiger partial charge in [-0.25, -0.2) is 0 Å². The molecule has 1 atom stereocenters. The maximum Gasteiger partial charge on any atom is 0.265 e. The number of carbonyl (C=O) groups is 2. The summed E-state index contributed by atoms with van der Waals surface area (Å²) in [7, 11) is 0. The molecule has 0 saturated carbocycles. The smallest absolute Gasteiger partial charge is 0.265 e. The molecule has 0 spiro atoms. The molecule has 2 amide bonds. The van der Waals surface area contributed by atoms with Crippen LogP contribution in [0.5, 0.6) is 5.75 Å². The molecule has 0 bridgehead atoms. The molecule has 5 nitrogen and oxygen atoms in total. The molecule has 3 rings (SSSR count). The first-order valence-corrected chi connectivity index (χ1v) is 9.02. The van der Waals surface area contributed by atoms with Crippen LogP contribution in [0, 0.1) is 6.92 Å². The van der Waals surface area contributed by atoms with Crippen molar-refractivity contribution in [2.24, 2.45) is 0 Å². The molecule has 0 aromatic heterocycles. The van der Waals surface area contributed by atoms with E-state index >= 15 is 0 Å². The molecule has 0 saturated heterocycles. The lowest BCUT2D eigenvalue weighted by Crippen LogP contribution is -2.30. The predicted octanol–water partition coefficient (Wildman–Crippen LogP) is 4.65. The summed E-state index contributed by atoms with van der Waals surface area (Å²) in [6, 6.07) is 23.5. The normalized spacial score (nSPS) is 11.4. The standard InChI is InChI=1S/C23H22N2O3/c1-16-9-6-7-14-21(16)28-17(2)22(26)24-19-12-8-13-20(15-19)25-23(27)18-10-4-3-5-11-18/h3-15,17H,1-2H3,(H,24,26)(H,25,27). The Labute approximate surface area is 164 Å². The lowest BCUT2D eigenvalue weighted by molar-refractivity contribution is -0.122. The van der Waals surface area contributed by atoms with E-state index in [4.69, 9.17) is 4.74 Å². The molecule has 28 heavy (non-hydrogen) atoms. The molecule has 0 aliphatic rings. The van der Waals surface area contributed by atoms with Crippen molar-refractivity contribution in [1.82, 2.24) is 0 Å². The lowest BCUT2D eigenvalue weighted by Gasteiger charge is -2.16. The Bertz CT molecular complexity index is 970. The third kappa shape index (κ3) is 4.98. The SMILES string of the molecule is Cc1ccccc1OC(C)C(=O)Nc1cccc(NC(=O)c2ccccc2)c1. The monoisotopic (exact) mass is 374 g/mol. The summed E-state index contributed by atoms with van der Waals surface area (Å²) in [5, 5.41) is 5.65. The highest BCUT2D eigenvalue weighted by atomic mass is 16.5. The van der Waals surface area contributed by atoms with E-state index in [0.717, 1.165) is 5.56 Å². The first-order chi connectivity index (χ1) is 13.5. The van der Waals surface area contributed by atoms with Crippen LogP contribution in [-0.4, -0.2) is 17.9 Å². The number of hydrogen-bond acceptors (Lipinski definition) is 3. The number of amides is 2. The van der Waals surface area contributed by atoms with Crippen LogP contribution in [0.2, 0.25) is 0 Å². The Balaban J connectivity index is 1.63. The van der Waals surface area contributed by atoms with E-state index in [1.807, 2.05) is 37.3 Å². The van der Waals surface area contributed by atoms with Crippen LogP contribution in [-0.2, 0) is 4.79 Å². The van der Waals surface area contributed by atoms with Crippen LogP contribution in [0.15, 0.2) is 78.9 Å². The van der Waals surface area contributed by atoms with Gasteiger partial charge in [0.2, 0.25) is 0 Å². The average Bonchev–Trinajstić information content (AvgIpc) is 2.70. The van der Waals surface area contributed by atoms with Crippen molar-refractivity contribution >= 4 is 23.2 Å². The third-order valence-corrected chi connectivity index (χ3v) is 4.19. The van der Waals surface area contributed by atoms with Gasteiger partial charge in [-0.1, -0.05) is 42.5 Å². The van der Waals surface area contributed by atoms with Gasteiger partial charge in [0.1, 0.15) is 5.75 Å². The van der Waals surface area contributed by atoms with Crippen molar-refractivity contribution in [3.8, 4) is 5.75 Å². The molecule has 2 N–H and O–H groups in total. The number of nitrogens with one attached hydrogen (secondary N) is 2. The Morgan fingerprint density at radius 1 is 0.821 bits per heavy atom. The van der Waals surface area contributed by atoms with Crippen molar-refractivity contribution in [2.75, 3.05) is 10.6 Å². The molecule has 142 valence electrons. The Morgan fingerprint density at radius 2 is 1.46 bits per heavy atom. The second-order valence-corrected chi connectivity index (χ2v) is 6.42. The fraction of sp³-hybridized carbons (Fsp3) is 0.130. The second-order valence-electron chi connectivity index (χ2n) is 6.42. The van der Waals surface area contributed by atoms with Gasteiger partial charge in [-0.05, 0) is 55.8 Å². The minimum Gasteiger partial charge on any atom is -0.481 e. The van der Waals surface area contributed by atoms with E-state index in [1.54, 1.807) is 55.5 Å². The summed E-state index contributed by atoms with van der Waals surface area (Å²) < 4.78 is 5.75. The summed E-state index contributed by atoms with van der Waals surface area (Å²) in [6.07, 6.45) is -0.663. The van der Waals surface area contributed by atoms with E-state index in [9.17, 15) is 9.59 Å². The van der Waals surface area contributed by atoms with E-state index in [0.29, 0.717) is 22.7 Å². The Kier molecular flexibility index (Phi) is 6.07. The van der Waals surface area contributed by atoms with Gasteiger partial charge < -0.3 is 15.4 Å². The molecule has 0 heterocycles. The number of hydrogen-bond donors (Lipinski definition) is 2. The predicted molar refractivity (Wildman–Crippen MR) is 111 cm³/mol. The van der Waals surface area contributed by atoms with E-state index in [2.05, 4.69) is 10.6 Å². The van der Waals surface area contributed by atoms with Gasteiger partial charge in [0.25, 0.3) is 11.8 Å². The Morgan fingerprint density at radius 3 is 2.18 bits per heavy atom. The maximum absolute atomic E-state index is 12.5. The zero-order valence-electron chi connectivity index (χ0n) is 15.8. The quantitative estimate of drug-likeness (QED) is 0.660. The minimum atomic E-state index is -0.663. The highest BCUT2D eigenvalue weighted by Gasteiger charge is 2.16. The van der Waals surface area contributed by atoms with Gasteiger partial charge in [-0.2, -0.15) is 0 Å². The summed E-state index contributed by atoms with van der Waals surface area (Å²) in [5.41, 5.74) is 2.71. The van der Waals surface area contributed by atoms with Crippen LogP contribution in [0.1, 0.15) is 22.8 Å². The highest BCUT2D eigenvalue weighted by molar-refractivity contribution is 6.04. The topological polar surface area (TPSA) is 67.4 Å². The molecule has 0 aliphatic heterocycles. The van der Waals surface area contributed by atoms with E-state index in [-0.39, 0.29) is 11.8 Å². The van der Waals surface area contributed by atoms with Crippen molar-refractivity contribution in [2.45, 2.75) is 20.0 Å². The summed E-state index contributed by atoms with van der Waals surface area (Å²) in [6.45, 7) is 3.63. The van der Waals surface area contributed by atoms with Crippen LogP contribution in [0.4, 0.5) is 11.4 Å². The molecular formula is C23H22N2O3. The first kappa shape index (κ1) is 19.2. The van der Waals surface area contributed by atoms with Gasteiger partial charge in [-0.15, -0.1) is 0 Å². The number of rotatable bonds is 6. The van der Waals surface area contributed by atoms with Gasteiger partial charge >= 0.3 is 0 Å². The summed E-state index contributed by atoms with van der Waals surface area (Å²) in [5.74, 6) is 0.198. The van der Waals surface area contributed by atoms with Crippen LogP contribution in [0.25, 0.3) is 0 Å². The van der Waals surface area contributed by atoms with Crippen molar-refractivity contribution < 1.29 is 14.3 Å². The van der Waals surface area contributed by atoms with E-state index < -0.39 is 6.10 Å². The zero-order valence-corrected chi connectivity index (χ0v) is 15.8. The number of anilines is 2. The van der Waals surface area contributed by atoms with Gasteiger partial charge in [0.05, 0.1) is 0 Å². The average molecular weight is 374 g/mol. The highest BCUT2D eigenvalue weighted by Crippen LogP contribution is 2.20. The minimum absolute atomic E-state index is 0.208. The first-order valence-electron chi connectivity index (χ1n) is 9.02. The third-order valence-electron chi connectivity index (χ3n) is 4.19. The largest absolute Gasteiger partial charge is 0.481 e. The molecule has 0 fully saturated rings. The molecule has 1 unspecified atom stereocenters. The number of para-hydroxylation sites is 1. The molecule has 3 aromatic carbocycles. The van der Waals surface area contributed by atoms with Crippen LogP contribution in [0.3, 0.4) is 0 Å². The van der Waals surface area contributed by atoms with Crippen molar-refractivity contribution in [1.29, 1.82) is 0 Å². The molecule has 0 radical (unpaired) electrons. The van der Waals surface area contributed by atoms with Crippen LogP contribution >= 0.6 is 0 Å². The lowest BCUT2D eigenvalue weighted by atomic mass is 10.2. The second kappa shape index (κ2) is 8.86. The number of ether oxygens (including phenoxy) is 1. The summed E-state index contributed by atoms with van der Waals surface area (Å²) >= 11 is 0. The zero-order chi connectivity index (χ0) is 19.9. The maximum atomic E-state index is 12.5. The molecule has 0 aliphatic carbocycles. The van der Waals surface area contributed by atoms with Crippen molar-refractivity contribution in [3.63, 3.8) is 0 Å². The summed E-state index contributed by atoms with van der Waals surface area (Å²) in [4.78, 5) is 24.7. The fourth-order valence-electron chi connectivity index (χ4n) is 2.64. The molecule has 5 heteroatoms. The molecule has 3 aromatic rings. The molecular weight excluding hydrogens is 352 g/mol. The van der Waals surface area contributed by atoms with Gasteiger partial charge in [-0.3, -0.25) is 9.59 Å². The fourth-order valence-corrected chi connectivity index (χ4v) is 2.64. The Hall–Kier alpha value is -3.60. The number of carbonyl (C=O) groups excluding carboxylic acids is 2. The van der Waals surface area contributed by atoms with Gasteiger partial charge in [0.15, 0.2) is 6.10 Å². The number of aryl methyl sites for hydroxylation is 1. The van der Waals surface area contributed by atoms with Crippen molar-refractivity contribution in [3.05, 3.63) is 90.0 Å². The van der Waals surface area contributed by atoms with E-state index in [1.165, 1.54) is 0 Å².